The Balaban J connectivity index is 1.67. The van der Waals surface area contributed by atoms with Crippen molar-refractivity contribution in [1.29, 1.82) is 0 Å². The number of aliphatic imine (C=N–C) groups is 1. The van der Waals surface area contributed by atoms with Crippen LogP contribution in [0.4, 0.5) is 10.5 Å². The van der Waals surface area contributed by atoms with Crippen LogP contribution in [0.3, 0.4) is 0 Å². The molecule has 0 unspecified atom stereocenters. The molecule has 0 atom stereocenters. The van der Waals surface area contributed by atoms with Gasteiger partial charge in [0.25, 0.3) is 0 Å². The number of urea groups is 1. The number of rotatable bonds is 2. The molecule has 132 valence electrons. The Bertz CT molecular complexity index is 743. The minimum absolute atomic E-state index is 0.00336. The van der Waals surface area contributed by atoms with Crippen molar-refractivity contribution in [2.75, 3.05) is 37.6 Å². The molecule has 6 nitrogen and oxygen atoms in total. The van der Waals surface area contributed by atoms with Gasteiger partial charge in [-0.15, -0.1) is 0 Å². The van der Waals surface area contributed by atoms with Crippen molar-refractivity contribution in [2.24, 2.45) is 4.99 Å². The first-order chi connectivity index (χ1) is 12.1. The zero-order chi connectivity index (χ0) is 17.4. The third-order valence-corrected chi connectivity index (χ3v) is 5.25. The Morgan fingerprint density at radius 2 is 1.92 bits per heavy atom. The molecule has 1 aromatic rings. The van der Waals surface area contributed by atoms with Crippen LogP contribution in [0.1, 0.15) is 31.2 Å². The Morgan fingerprint density at radius 3 is 2.72 bits per heavy atom. The van der Waals surface area contributed by atoms with Gasteiger partial charge in [-0.25, -0.2) is 4.79 Å². The maximum atomic E-state index is 13.0. The molecule has 0 N–H and O–H groups in total. The van der Waals surface area contributed by atoms with Gasteiger partial charge in [-0.2, -0.15) is 0 Å². The number of hydrogen-bond donors (Lipinski definition) is 0. The van der Waals surface area contributed by atoms with Crippen molar-refractivity contribution in [3.63, 3.8) is 0 Å². The predicted molar refractivity (Wildman–Crippen MR) is 97.4 cm³/mol. The van der Waals surface area contributed by atoms with Crippen LogP contribution in [0, 0.1) is 0 Å². The van der Waals surface area contributed by atoms with E-state index in [9.17, 15) is 9.59 Å². The van der Waals surface area contributed by atoms with Gasteiger partial charge in [0, 0.05) is 36.8 Å². The van der Waals surface area contributed by atoms with Crippen molar-refractivity contribution in [2.45, 2.75) is 25.7 Å². The Morgan fingerprint density at radius 1 is 1.12 bits per heavy atom. The first-order valence-electron chi connectivity index (χ1n) is 8.86. The quantitative estimate of drug-likeness (QED) is 0.814. The first-order valence-corrected chi connectivity index (χ1v) is 9.24. The molecule has 0 spiro atoms. The van der Waals surface area contributed by atoms with Crippen molar-refractivity contribution in [3.05, 3.63) is 28.8 Å². The number of fused-ring (bicyclic) bond motifs is 3. The van der Waals surface area contributed by atoms with E-state index >= 15 is 0 Å². The fraction of sp³-hybridized carbons (Fsp3) is 0.500. The van der Waals surface area contributed by atoms with Gasteiger partial charge in [0.2, 0.25) is 5.91 Å². The molecular weight excluding hydrogens is 340 g/mol. The summed E-state index contributed by atoms with van der Waals surface area (Å²) in [6.07, 6.45) is 4.07. The molecule has 7 heteroatoms. The number of carbonyl (C=O) groups excluding carboxylic acids is 2. The van der Waals surface area contributed by atoms with Crippen molar-refractivity contribution in [1.82, 2.24) is 9.80 Å². The summed E-state index contributed by atoms with van der Waals surface area (Å²) in [7, 11) is 0. The summed E-state index contributed by atoms with van der Waals surface area (Å²) in [5, 5.41) is 0.548. The van der Waals surface area contributed by atoms with Crippen LogP contribution >= 0.6 is 11.6 Å². The minimum Gasteiger partial charge on any atom is -0.341 e. The molecule has 25 heavy (non-hydrogen) atoms. The highest BCUT2D eigenvalue weighted by molar-refractivity contribution is 6.31. The van der Waals surface area contributed by atoms with Gasteiger partial charge in [-0.1, -0.05) is 11.6 Å². The van der Waals surface area contributed by atoms with Crippen molar-refractivity contribution >= 4 is 35.1 Å². The van der Waals surface area contributed by atoms with Crippen LogP contribution in [0.2, 0.25) is 5.02 Å². The molecule has 0 aromatic heterocycles. The molecule has 4 rings (SSSR count). The zero-order valence-electron chi connectivity index (χ0n) is 14.1. The first kappa shape index (κ1) is 16.4. The molecule has 1 aromatic carbocycles. The highest BCUT2D eigenvalue weighted by Gasteiger charge is 2.37. The van der Waals surface area contributed by atoms with Gasteiger partial charge in [-0.3, -0.25) is 19.6 Å². The number of amides is 3. The highest BCUT2D eigenvalue weighted by atomic mass is 35.5. The monoisotopic (exact) mass is 360 g/mol. The Hall–Kier alpha value is -2.08. The molecule has 1 fully saturated rings. The molecule has 0 saturated carbocycles. The number of piperidine rings is 1. The molecule has 0 aliphatic carbocycles. The smallest absolute Gasteiger partial charge is 0.330 e. The fourth-order valence-corrected chi connectivity index (χ4v) is 3.89. The van der Waals surface area contributed by atoms with Crippen LogP contribution < -0.4 is 4.90 Å². The number of carbonyl (C=O) groups is 2. The second-order valence-electron chi connectivity index (χ2n) is 6.68. The van der Waals surface area contributed by atoms with E-state index in [4.69, 9.17) is 11.6 Å². The SMILES string of the molecule is O=C(CN1C(=O)N2CCCN=C2c2ccc(Cl)cc21)N1CCCCC1. The molecule has 3 heterocycles. The van der Waals surface area contributed by atoms with Crippen LogP contribution in [0.25, 0.3) is 0 Å². The van der Waals surface area contributed by atoms with E-state index in [0.29, 0.717) is 29.6 Å². The standard InChI is InChI=1S/C18H21ClN4O2/c19-13-5-6-14-15(11-13)23(12-16(24)21-8-2-1-3-9-21)18(25)22-10-4-7-20-17(14)22/h5-6,11H,1-4,7-10,12H2. The topological polar surface area (TPSA) is 56.2 Å². The Kier molecular flexibility index (Phi) is 4.37. The van der Waals surface area contributed by atoms with Gasteiger partial charge in [0.15, 0.2) is 0 Å². The third-order valence-electron chi connectivity index (χ3n) is 5.01. The van der Waals surface area contributed by atoms with E-state index in [1.165, 1.54) is 6.42 Å². The van der Waals surface area contributed by atoms with E-state index in [0.717, 1.165) is 37.9 Å². The van der Waals surface area contributed by atoms with E-state index in [-0.39, 0.29) is 18.5 Å². The van der Waals surface area contributed by atoms with Crippen LogP contribution in [0.15, 0.2) is 23.2 Å². The molecule has 3 amide bonds. The minimum atomic E-state index is -0.182. The number of hydrogen-bond acceptors (Lipinski definition) is 3. The number of likely N-dealkylation sites (tertiary alicyclic amines) is 1. The number of halogens is 1. The van der Waals surface area contributed by atoms with Crippen molar-refractivity contribution < 1.29 is 9.59 Å². The van der Waals surface area contributed by atoms with Crippen LogP contribution in [-0.4, -0.2) is 60.3 Å². The average molecular weight is 361 g/mol. The molecule has 0 radical (unpaired) electrons. The van der Waals surface area contributed by atoms with Crippen molar-refractivity contribution in [3.8, 4) is 0 Å². The van der Waals surface area contributed by atoms with E-state index < -0.39 is 0 Å². The maximum absolute atomic E-state index is 13.0. The molecular formula is C18H21ClN4O2. The number of amidine groups is 1. The number of benzene rings is 1. The maximum Gasteiger partial charge on any atom is 0.330 e. The summed E-state index contributed by atoms with van der Waals surface area (Å²) in [4.78, 5) is 35.4. The second kappa shape index (κ2) is 6.67. The van der Waals surface area contributed by atoms with E-state index in [1.54, 1.807) is 21.9 Å². The summed E-state index contributed by atoms with van der Waals surface area (Å²) >= 11 is 6.16. The highest BCUT2D eigenvalue weighted by Crippen LogP contribution is 2.33. The lowest BCUT2D eigenvalue weighted by Crippen LogP contribution is -2.55. The van der Waals surface area contributed by atoms with Gasteiger partial charge >= 0.3 is 6.03 Å². The van der Waals surface area contributed by atoms with Gasteiger partial charge in [0.05, 0.1) is 5.69 Å². The van der Waals surface area contributed by atoms with Gasteiger partial charge < -0.3 is 4.90 Å². The van der Waals surface area contributed by atoms with E-state index in [1.807, 2.05) is 11.0 Å². The largest absolute Gasteiger partial charge is 0.341 e. The lowest BCUT2D eigenvalue weighted by Gasteiger charge is -2.40. The predicted octanol–water partition coefficient (Wildman–Crippen LogP) is 2.74. The number of anilines is 1. The van der Waals surface area contributed by atoms with Gasteiger partial charge in [0.1, 0.15) is 12.4 Å². The number of nitrogens with zero attached hydrogens (tertiary/aromatic N) is 4. The van der Waals surface area contributed by atoms with Crippen LogP contribution in [-0.2, 0) is 4.79 Å². The van der Waals surface area contributed by atoms with Crippen LogP contribution in [0.5, 0.6) is 0 Å². The lowest BCUT2D eigenvalue weighted by atomic mass is 10.1. The normalized spacial score (nSPS) is 20.1. The zero-order valence-corrected chi connectivity index (χ0v) is 14.8. The lowest BCUT2D eigenvalue weighted by molar-refractivity contribution is -0.130. The summed E-state index contributed by atoms with van der Waals surface area (Å²) < 4.78 is 0. The summed E-state index contributed by atoms with van der Waals surface area (Å²) in [5.74, 6) is 0.695. The summed E-state index contributed by atoms with van der Waals surface area (Å²) in [5.41, 5.74) is 1.55. The average Bonchev–Trinajstić information content (AvgIpc) is 2.65. The molecule has 3 aliphatic heterocycles. The molecule has 0 bridgehead atoms. The van der Waals surface area contributed by atoms with E-state index in [2.05, 4.69) is 4.99 Å². The third kappa shape index (κ3) is 2.99. The summed E-state index contributed by atoms with van der Waals surface area (Å²) in [6, 6.07) is 5.27. The summed E-state index contributed by atoms with van der Waals surface area (Å²) in [6.45, 7) is 2.96. The molecule has 3 aliphatic rings. The second-order valence-corrected chi connectivity index (χ2v) is 7.12. The molecule has 1 saturated heterocycles. The Labute approximate surface area is 152 Å². The fourth-order valence-electron chi connectivity index (χ4n) is 3.72. The van der Waals surface area contributed by atoms with Gasteiger partial charge in [-0.05, 0) is 43.9 Å².